The van der Waals surface area contributed by atoms with Crippen LogP contribution in [-0.4, -0.2) is 68.8 Å². The van der Waals surface area contributed by atoms with Gasteiger partial charge in [0.1, 0.15) is 34.5 Å². The summed E-state index contributed by atoms with van der Waals surface area (Å²) in [5.74, 6) is -7.87. The minimum absolute atomic E-state index is 0.0137. The molecule has 13 nitrogen and oxygen atoms in total. The molecule has 0 aliphatic rings. The number of aromatic hydroxyl groups is 4. The van der Waals surface area contributed by atoms with E-state index in [9.17, 15) is 65.9 Å². The number of alkyl halides is 12. The molecule has 8 N–H and O–H groups in total. The molecule has 0 aliphatic heterocycles. The van der Waals surface area contributed by atoms with Gasteiger partial charge in [0.2, 0.25) is 16.7 Å². The van der Waals surface area contributed by atoms with E-state index in [2.05, 4.69) is 16.0 Å². The second-order valence-electron chi connectivity index (χ2n) is 17.5. The van der Waals surface area contributed by atoms with Gasteiger partial charge in [-0.3, -0.25) is 19.2 Å². The van der Waals surface area contributed by atoms with E-state index in [4.69, 9.17) is 4.74 Å². The Bertz CT molecular complexity index is 3460. The van der Waals surface area contributed by atoms with Gasteiger partial charge in [-0.15, -0.1) is 0 Å². The highest BCUT2D eigenvalue weighted by Gasteiger charge is 2.74. The minimum atomic E-state index is -6.20. The monoisotopic (exact) mass is 1110 g/mol. The maximum atomic E-state index is 15.2. The molecule has 0 aromatic heterocycles. The van der Waals surface area contributed by atoms with Gasteiger partial charge >= 0.3 is 24.7 Å². The highest BCUT2D eigenvalue weighted by molar-refractivity contribution is 6.06. The van der Waals surface area contributed by atoms with Gasteiger partial charge in [-0.05, 0) is 138 Å². The van der Waals surface area contributed by atoms with E-state index in [0.717, 1.165) is 31.2 Å². The van der Waals surface area contributed by atoms with Gasteiger partial charge in [0.25, 0.3) is 17.7 Å². The predicted molar refractivity (Wildman–Crippen MR) is 261 cm³/mol. The number of ether oxygens (including phenoxy) is 1. The van der Waals surface area contributed by atoms with E-state index < -0.39 is 127 Å². The molecule has 79 heavy (non-hydrogen) atoms. The van der Waals surface area contributed by atoms with Crippen molar-refractivity contribution in [3.05, 3.63) is 190 Å². The fourth-order valence-corrected chi connectivity index (χ4v) is 8.49. The molecule has 0 aliphatic carbocycles. The number of hydrogen-bond acceptors (Lipinski definition) is 9. The summed E-state index contributed by atoms with van der Waals surface area (Å²) in [6.07, 6.45) is -24.7. The highest BCUT2D eigenvalue weighted by atomic mass is 19.4. The number of benzene rings is 7. The first kappa shape index (κ1) is 57.3. The zero-order chi connectivity index (χ0) is 58.2. The first-order valence-electron chi connectivity index (χ1n) is 22.6. The number of anilines is 4. The number of hydrogen-bond donors (Lipinski definition) is 8. The number of nitrogens with one attached hydrogen (secondary N) is 4. The van der Waals surface area contributed by atoms with Crippen LogP contribution in [0.5, 0.6) is 34.5 Å². The molecular formula is C54H38F12N4O9. The summed E-state index contributed by atoms with van der Waals surface area (Å²) in [5, 5.41) is 49.8. The van der Waals surface area contributed by atoms with Crippen molar-refractivity contribution in [3.63, 3.8) is 0 Å². The zero-order valence-electron chi connectivity index (χ0n) is 40.2. The highest BCUT2D eigenvalue weighted by Crippen LogP contribution is 2.59. The molecule has 0 spiro atoms. The van der Waals surface area contributed by atoms with Crippen molar-refractivity contribution in [3.8, 4) is 34.5 Å². The third-order valence-corrected chi connectivity index (χ3v) is 12.2. The molecule has 7 rings (SSSR count). The lowest BCUT2D eigenvalue weighted by molar-refractivity contribution is -0.290. The van der Waals surface area contributed by atoms with Gasteiger partial charge in [0, 0.05) is 23.6 Å². The van der Waals surface area contributed by atoms with Crippen LogP contribution in [-0.2, 0) is 15.6 Å². The SMILES string of the molecule is CC(=O)Nc1cc(C(c2ccc(O)c(NC(=O)c3ccc(Oc4ccc(C(=O)Nc5cc(C(c6ccc(O)c(NC(=O)c7cccc(C)c7)c6)(C(F)(F)F)C(F)(F)F)ccc5O)cc4)cc3)c2)(C(F)(F)F)C(F)(F)F)ccc1O. The largest absolute Gasteiger partial charge is 0.506 e. The molecule has 0 heterocycles. The van der Waals surface area contributed by atoms with Gasteiger partial charge in [-0.2, -0.15) is 52.7 Å². The predicted octanol–water partition coefficient (Wildman–Crippen LogP) is 13.1. The van der Waals surface area contributed by atoms with Crippen molar-refractivity contribution >= 4 is 46.4 Å². The van der Waals surface area contributed by atoms with Crippen molar-refractivity contribution in [1.29, 1.82) is 0 Å². The summed E-state index contributed by atoms with van der Waals surface area (Å²) in [4.78, 5) is 51.2. The molecule has 0 atom stereocenters. The van der Waals surface area contributed by atoms with E-state index in [-0.39, 0.29) is 46.4 Å². The molecule has 7 aromatic carbocycles. The molecule has 0 fully saturated rings. The lowest BCUT2D eigenvalue weighted by atomic mass is 9.72. The Morgan fingerprint density at radius 2 is 0.671 bits per heavy atom. The Morgan fingerprint density at radius 1 is 0.380 bits per heavy atom. The summed E-state index contributed by atoms with van der Waals surface area (Å²) in [7, 11) is 0. The Morgan fingerprint density at radius 3 is 0.949 bits per heavy atom. The number of carbonyl (C=O) groups is 4. The van der Waals surface area contributed by atoms with Gasteiger partial charge < -0.3 is 46.4 Å². The van der Waals surface area contributed by atoms with Crippen LogP contribution in [0.25, 0.3) is 0 Å². The summed E-state index contributed by atoms with van der Waals surface area (Å²) >= 11 is 0. The fraction of sp³-hybridized carbons (Fsp3) is 0.148. The van der Waals surface area contributed by atoms with Crippen LogP contribution in [0.2, 0.25) is 0 Å². The Kier molecular flexibility index (Phi) is 15.4. The number of amides is 4. The summed E-state index contributed by atoms with van der Waals surface area (Å²) in [6.45, 7) is 2.51. The molecule has 0 radical (unpaired) electrons. The van der Waals surface area contributed by atoms with Crippen molar-refractivity contribution < 1.29 is 97.0 Å². The van der Waals surface area contributed by atoms with Crippen molar-refractivity contribution in [1.82, 2.24) is 0 Å². The number of carbonyl (C=O) groups excluding carboxylic acids is 4. The number of phenols is 4. The maximum absolute atomic E-state index is 15.2. The molecule has 4 amide bonds. The second kappa shape index (κ2) is 21.2. The van der Waals surface area contributed by atoms with Gasteiger partial charge in [0.15, 0.2) is 0 Å². The Balaban J connectivity index is 1.08. The summed E-state index contributed by atoms with van der Waals surface area (Å²) < 4.78 is 187. The average Bonchev–Trinajstić information content (AvgIpc) is 3.20. The van der Waals surface area contributed by atoms with Crippen LogP contribution >= 0.6 is 0 Å². The standard InChI is InChI=1S/C54H38F12N4O9/c1-27-4-3-5-31(22-27)48(78)70-41-26-35(13-21-45(41)75)50(53(61,62)63,54(64,65)66)34-12-20-44(74)40(25-34)69-47(77)30-8-16-37(17-9-30)79-36-14-6-29(7-15-36)46(76)68-39-24-33(11-19-43(39)73)49(51(55,56)57,52(58,59)60)32-10-18-42(72)38(23-32)67-28(2)71/h3-26,72-75H,1-2H3,(H,67,71)(H,68,76)(H,69,77)(H,70,78). The molecule has 0 saturated heterocycles. The van der Waals surface area contributed by atoms with Gasteiger partial charge in [-0.25, -0.2) is 0 Å². The van der Waals surface area contributed by atoms with Crippen LogP contribution in [0.3, 0.4) is 0 Å². The third kappa shape index (κ3) is 11.2. The molecule has 7 aromatic rings. The van der Waals surface area contributed by atoms with Gasteiger partial charge in [0.05, 0.1) is 22.7 Å². The summed E-state index contributed by atoms with van der Waals surface area (Å²) in [6, 6.07) is 19.3. The Labute approximate surface area is 437 Å². The van der Waals surface area contributed by atoms with E-state index in [1.165, 1.54) is 42.5 Å². The quantitative estimate of drug-likeness (QED) is 0.0408. The van der Waals surface area contributed by atoms with Gasteiger partial charge in [-0.1, -0.05) is 42.0 Å². The van der Waals surface area contributed by atoms with E-state index in [0.29, 0.717) is 60.2 Å². The molecule has 0 unspecified atom stereocenters. The number of aryl methyl sites for hydroxylation is 1. The molecule has 25 heteroatoms. The smallest absolute Gasteiger partial charge is 0.411 e. The number of rotatable bonds is 13. The number of halogens is 12. The first-order valence-corrected chi connectivity index (χ1v) is 22.6. The molecule has 0 saturated carbocycles. The molecular weight excluding hydrogens is 1080 g/mol. The molecule has 0 bridgehead atoms. The van der Waals surface area contributed by atoms with Crippen molar-refractivity contribution in [2.45, 2.75) is 49.4 Å². The topological polar surface area (TPSA) is 207 Å². The maximum Gasteiger partial charge on any atom is 0.411 e. The van der Waals surface area contributed by atoms with Crippen molar-refractivity contribution in [2.24, 2.45) is 0 Å². The lowest BCUT2D eigenvalue weighted by Crippen LogP contribution is -2.54. The van der Waals surface area contributed by atoms with E-state index >= 15 is 26.3 Å². The molecule has 412 valence electrons. The van der Waals surface area contributed by atoms with Crippen LogP contribution in [0.4, 0.5) is 75.4 Å². The van der Waals surface area contributed by atoms with Crippen LogP contribution in [0, 0.1) is 6.92 Å². The average molecular weight is 1110 g/mol. The second-order valence-corrected chi connectivity index (χ2v) is 17.5. The van der Waals surface area contributed by atoms with Crippen molar-refractivity contribution in [2.75, 3.05) is 21.3 Å². The summed E-state index contributed by atoms with van der Waals surface area (Å²) in [5.41, 5.74) is -19.2. The normalized spacial score (nSPS) is 12.3. The first-order chi connectivity index (χ1) is 36.8. The Hall–Kier alpha value is -9.42. The van der Waals surface area contributed by atoms with Crippen LogP contribution in [0.15, 0.2) is 146 Å². The van der Waals surface area contributed by atoms with Crippen LogP contribution < -0.4 is 26.0 Å². The number of phenolic OH excluding ortho intramolecular Hbond substituents is 4. The lowest BCUT2D eigenvalue weighted by Gasteiger charge is -2.38. The van der Waals surface area contributed by atoms with Crippen LogP contribution in [0.1, 0.15) is 65.8 Å². The van der Waals surface area contributed by atoms with E-state index in [1.54, 1.807) is 13.0 Å². The minimum Gasteiger partial charge on any atom is -0.506 e. The fourth-order valence-electron chi connectivity index (χ4n) is 8.49. The third-order valence-electron chi connectivity index (χ3n) is 12.2. The zero-order valence-corrected chi connectivity index (χ0v) is 40.2. The van der Waals surface area contributed by atoms with E-state index in [1.807, 2.05) is 5.32 Å².